The average molecular weight is 505 g/mol. The molecule has 2 aromatic carbocycles. The van der Waals surface area contributed by atoms with Crippen molar-refractivity contribution in [3.05, 3.63) is 65.7 Å². The maximum atomic E-state index is 11.3. The maximum Gasteiger partial charge on any atom is 0.490 e. The van der Waals surface area contributed by atoms with Gasteiger partial charge < -0.3 is 20.4 Å². The van der Waals surface area contributed by atoms with Crippen molar-refractivity contribution in [1.82, 2.24) is 9.80 Å². The maximum absolute atomic E-state index is 11.3. The van der Waals surface area contributed by atoms with Crippen LogP contribution in [0.2, 0.25) is 0 Å². The fourth-order valence-electron chi connectivity index (χ4n) is 3.22. The summed E-state index contributed by atoms with van der Waals surface area (Å²) < 4.78 is 31.7. The second-order valence-corrected chi connectivity index (χ2v) is 7.68. The lowest BCUT2D eigenvalue weighted by Gasteiger charge is -2.36. The van der Waals surface area contributed by atoms with Crippen molar-refractivity contribution < 1.29 is 33.0 Å². The van der Waals surface area contributed by atoms with Crippen molar-refractivity contribution >= 4 is 23.6 Å². The molecule has 192 valence electrons. The molecule has 0 spiro atoms. The Morgan fingerprint density at radius 1 is 1.03 bits per heavy atom. The first-order chi connectivity index (χ1) is 17.1. The standard InChI is InChI=1S/C22H25N5O2.C2HF3O2/c23-10-5-11-26-12-14-27(15-13-26)22(24-17-18-6-2-1-3-7-18)25-20-9-4-8-19(16-20)21(28)29;3-2(4,5)1(6)7/h1-4,6-9,16H,5,11-15,17H2,(H,24,25)(H,28,29);(H,6,7). The first-order valence-electron chi connectivity index (χ1n) is 10.9. The summed E-state index contributed by atoms with van der Waals surface area (Å²) in [4.78, 5) is 29.4. The number of benzene rings is 2. The zero-order valence-corrected chi connectivity index (χ0v) is 19.3. The number of nitrogens with zero attached hydrogens (tertiary/aromatic N) is 4. The molecule has 0 atom stereocenters. The molecule has 0 amide bonds. The smallest absolute Gasteiger partial charge is 0.478 e. The number of halogens is 3. The summed E-state index contributed by atoms with van der Waals surface area (Å²) >= 11 is 0. The second kappa shape index (κ2) is 13.7. The monoisotopic (exact) mass is 505 g/mol. The lowest BCUT2D eigenvalue weighted by Crippen LogP contribution is -2.50. The normalized spacial score (nSPS) is 14.3. The Balaban J connectivity index is 0.000000572. The average Bonchev–Trinajstić information content (AvgIpc) is 2.86. The topological polar surface area (TPSA) is 129 Å². The summed E-state index contributed by atoms with van der Waals surface area (Å²) in [7, 11) is 0. The highest BCUT2D eigenvalue weighted by Gasteiger charge is 2.38. The Hall–Kier alpha value is -4.11. The summed E-state index contributed by atoms with van der Waals surface area (Å²) in [5.74, 6) is -2.98. The molecular weight excluding hydrogens is 479 g/mol. The number of anilines is 1. The molecule has 1 aliphatic heterocycles. The van der Waals surface area contributed by atoms with Gasteiger partial charge in [-0.2, -0.15) is 18.4 Å². The van der Waals surface area contributed by atoms with Gasteiger partial charge in [-0.3, -0.25) is 4.90 Å². The van der Waals surface area contributed by atoms with Crippen LogP contribution in [0, 0.1) is 11.3 Å². The summed E-state index contributed by atoms with van der Waals surface area (Å²) in [6, 6.07) is 19.0. The number of nitrogens with one attached hydrogen (secondary N) is 1. The van der Waals surface area contributed by atoms with Crippen LogP contribution in [-0.4, -0.2) is 76.8 Å². The number of alkyl halides is 3. The molecule has 0 radical (unpaired) electrons. The van der Waals surface area contributed by atoms with E-state index in [0.29, 0.717) is 18.7 Å². The molecule has 36 heavy (non-hydrogen) atoms. The van der Waals surface area contributed by atoms with E-state index in [0.717, 1.165) is 44.2 Å². The van der Waals surface area contributed by atoms with Crippen molar-refractivity contribution in [1.29, 1.82) is 5.26 Å². The van der Waals surface area contributed by atoms with Crippen LogP contribution in [0.15, 0.2) is 59.6 Å². The Labute approximate surface area is 206 Å². The molecule has 1 saturated heterocycles. The van der Waals surface area contributed by atoms with E-state index >= 15 is 0 Å². The van der Waals surface area contributed by atoms with Gasteiger partial charge in [-0.05, 0) is 23.8 Å². The summed E-state index contributed by atoms with van der Waals surface area (Å²) in [5.41, 5.74) is 2.04. The van der Waals surface area contributed by atoms with E-state index in [1.54, 1.807) is 18.2 Å². The highest BCUT2D eigenvalue weighted by Crippen LogP contribution is 2.14. The van der Waals surface area contributed by atoms with Crippen molar-refractivity contribution in [2.24, 2.45) is 4.99 Å². The SMILES string of the molecule is N#CCCN1CCN(C(=NCc2ccccc2)Nc2cccc(C(=O)O)c2)CC1.O=C(O)C(F)(F)F. The number of hydrogen-bond donors (Lipinski definition) is 3. The van der Waals surface area contributed by atoms with Crippen molar-refractivity contribution in [3.8, 4) is 6.07 Å². The number of carboxylic acids is 2. The van der Waals surface area contributed by atoms with E-state index in [9.17, 15) is 23.1 Å². The molecule has 3 rings (SSSR count). The molecule has 3 N–H and O–H groups in total. The van der Waals surface area contributed by atoms with E-state index in [1.165, 1.54) is 0 Å². The lowest BCUT2D eigenvalue weighted by molar-refractivity contribution is -0.192. The number of nitriles is 1. The molecule has 0 bridgehead atoms. The third-order valence-electron chi connectivity index (χ3n) is 5.07. The number of hydrogen-bond acceptors (Lipinski definition) is 5. The fourth-order valence-corrected chi connectivity index (χ4v) is 3.22. The minimum Gasteiger partial charge on any atom is -0.478 e. The molecule has 2 aromatic rings. The molecule has 1 heterocycles. The van der Waals surface area contributed by atoms with Gasteiger partial charge in [0.05, 0.1) is 18.2 Å². The summed E-state index contributed by atoms with van der Waals surface area (Å²) in [5, 5.41) is 28.5. The zero-order chi connectivity index (χ0) is 26.6. The predicted molar refractivity (Wildman–Crippen MR) is 127 cm³/mol. The highest BCUT2D eigenvalue weighted by atomic mass is 19.4. The highest BCUT2D eigenvalue weighted by molar-refractivity contribution is 5.95. The van der Waals surface area contributed by atoms with Gasteiger partial charge in [0.1, 0.15) is 0 Å². The van der Waals surface area contributed by atoms with E-state index in [4.69, 9.17) is 20.2 Å². The predicted octanol–water partition coefficient (Wildman–Crippen LogP) is 3.52. The van der Waals surface area contributed by atoms with Crippen LogP contribution in [0.25, 0.3) is 0 Å². The van der Waals surface area contributed by atoms with Gasteiger partial charge in [0.25, 0.3) is 0 Å². The van der Waals surface area contributed by atoms with Gasteiger partial charge in [-0.15, -0.1) is 0 Å². The number of guanidine groups is 1. The number of piperazine rings is 1. The Kier molecular flexibility index (Phi) is 10.7. The van der Waals surface area contributed by atoms with E-state index in [2.05, 4.69) is 21.2 Å². The minimum atomic E-state index is -5.08. The van der Waals surface area contributed by atoms with Crippen molar-refractivity contribution in [3.63, 3.8) is 0 Å². The van der Waals surface area contributed by atoms with Crippen LogP contribution < -0.4 is 5.32 Å². The van der Waals surface area contributed by atoms with Crippen LogP contribution in [0.5, 0.6) is 0 Å². The van der Waals surface area contributed by atoms with Gasteiger partial charge in [-0.25, -0.2) is 14.6 Å². The largest absolute Gasteiger partial charge is 0.490 e. The molecular formula is C24H26F3N5O4. The lowest BCUT2D eigenvalue weighted by atomic mass is 10.2. The van der Waals surface area contributed by atoms with Crippen molar-refractivity contribution in [2.75, 3.05) is 38.0 Å². The first kappa shape index (κ1) is 28.1. The molecule has 1 aliphatic rings. The van der Waals surface area contributed by atoms with Gasteiger partial charge >= 0.3 is 18.1 Å². The van der Waals surface area contributed by atoms with E-state index in [1.807, 2.05) is 36.4 Å². The van der Waals surface area contributed by atoms with E-state index in [-0.39, 0.29) is 5.56 Å². The quantitative estimate of drug-likeness (QED) is 0.402. The third kappa shape index (κ3) is 9.63. The zero-order valence-electron chi connectivity index (χ0n) is 19.3. The van der Waals surface area contributed by atoms with Gasteiger partial charge in [0, 0.05) is 44.8 Å². The number of aliphatic imine (C=N–C) groups is 1. The molecule has 12 heteroatoms. The molecule has 9 nitrogen and oxygen atoms in total. The minimum absolute atomic E-state index is 0.235. The molecule has 1 fully saturated rings. The molecule has 0 unspecified atom stereocenters. The van der Waals surface area contributed by atoms with Gasteiger partial charge in [0.15, 0.2) is 5.96 Å². The molecule has 0 saturated carbocycles. The number of aliphatic carboxylic acids is 1. The second-order valence-electron chi connectivity index (χ2n) is 7.68. The van der Waals surface area contributed by atoms with Crippen LogP contribution in [-0.2, 0) is 11.3 Å². The van der Waals surface area contributed by atoms with Crippen LogP contribution in [0.1, 0.15) is 22.3 Å². The Bertz CT molecular complexity index is 1080. The Morgan fingerprint density at radius 2 is 1.67 bits per heavy atom. The van der Waals surface area contributed by atoms with Gasteiger partial charge in [-0.1, -0.05) is 36.4 Å². The van der Waals surface area contributed by atoms with Gasteiger partial charge in [0.2, 0.25) is 0 Å². The van der Waals surface area contributed by atoms with Crippen LogP contribution in [0.3, 0.4) is 0 Å². The third-order valence-corrected chi connectivity index (χ3v) is 5.07. The van der Waals surface area contributed by atoms with Crippen molar-refractivity contribution in [2.45, 2.75) is 19.1 Å². The van der Waals surface area contributed by atoms with Crippen LogP contribution in [0.4, 0.5) is 18.9 Å². The summed E-state index contributed by atoms with van der Waals surface area (Å²) in [6.45, 7) is 4.65. The van der Waals surface area contributed by atoms with Crippen LogP contribution >= 0.6 is 0 Å². The molecule has 0 aromatic heterocycles. The van der Waals surface area contributed by atoms with E-state index < -0.39 is 18.1 Å². The number of aromatic carboxylic acids is 1. The first-order valence-corrected chi connectivity index (χ1v) is 10.9. The number of rotatable bonds is 6. The molecule has 0 aliphatic carbocycles. The summed E-state index contributed by atoms with van der Waals surface area (Å²) in [6.07, 6.45) is -4.55. The number of carboxylic acid groups (broad SMARTS) is 2. The Morgan fingerprint density at radius 3 is 2.22 bits per heavy atom. The number of carbonyl (C=O) groups is 2. The fraction of sp³-hybridized carbons (Fsp3) is 0.333.